The summed E-state index contributed by atoms with van der Waals surface area (Å²) in [4.78, 5) is 41.5. The number of hydrogen-bond acceptors (Lipinski definition) is 7. The second-order valence-corrected chi connectivity index (χ2v) is 8.34. The molecule has 2 aliphatic rings. The van der Waals surface area contributed by atoms with E-state index >= 15 is 0 Å². The minimum absolute atomic E-state index is 0.260. The molecular formula is C23H31ClN4O5. The first-order valence-corrected chi connectivity index (χ1v) is 11.5. The maximum atomic E-state index is 12.6. The van der Waals surface area contributed by atoms with E-state index < -0.39 is 18.1 Å². The van der Waals surface area contributed by atoms with Gasteiger partial charge in [0.1, 0.15) is 6.04 Å². The molecule has 0 bridgehead atoms. The van der Waals surface area contributed by atoms with Gasteiger partial charge in [-0.3, -0.25) is 9.80 Å². The number of carbonyl (C=O) groups is 3. The lowest BCUT2D eigenvalue weighted by Gasteiger charge is -2.39. The quantitative estimate of drug-likeness (QED) is 0.552. The SMILES string of the molecule is CCOC(=O)C1=C(CN2CCN([C@@H](C(=O)OC)c3ccccc3Cl)CC2)NC(=O)N[C@H]1CC. The minimum Gasteiger partial charge on any atom is -0.468 e. The lowest BCUT2D eigenvalue weighted by molar-refractivity contribution is -0.148. The molecule has 1 fully saturated rings. The summed E-state index contributed by atoms with van der Waals surface area (Å²) >= 11 is 6.37. The van der Waals surface area contributed by atoms with Crippen LogP contribution < -0.4 is 10.6 Å². The number of ether oxygens (including phenoxy) is 2. The number of urea groups is 1. The van der Waals surface area contributed by atoms with Crippen LogP contribution in [-0.4, -0.2) is 80.3 Å². The number of nitrogens with zero attached hydrogens (tertiary/aromatic N) is 2. The highest BCUT2D eigenvalue weighted by molar-refractivity contribution is 6.31. The number of esters is 2. The fourth-order valence-electron chi connectivity index (χ4n) is 4.27. The average molecular weight is 479 g/mol. The van der Waals surface area contributed by atoms with Gasteiger partial charge in [-0.2, -0.15) is 0 Å². The van der Waals surface area contributed by atoms with Crippen molar-refractivity contribution in [1.82, 2.24) is 20.4 Å². The van der Waals surface area contributed by atoms with Crippen LogP contribution in [0.2, 0.25) is 5.02 Å². The van der Waals surface area contributed by atoms with Crippen molar-refractivity contribution in [3.8, 4) is 0 Å². The Morgan fingerprint density at radius 2 is 1.88 bits per heavy atom. The molecule has 2 atom stereocenters. The Morgan fingerprint density at radius 1 is 1.18 bits per heavy atom. The number of amides is 2. The van der Waals surface area contributed by atoms with E-state index in [0.29, 0.717) is 61.0 Å². The first-order valence-electron chi connectivity index (χ1n) is 11.2. The second-order valence-electron chi connectivity index (χ2n) is 7.93. The molecule has 180 valence electrons. The number of halogens is 1. The molecule has 0 spiro atoms. The molecule has 1 aromatic rings. The molecule has 2 amide bonds. The Labute approximate surface area is 199 Å². The molecule has 33 heavy (non-hydrogen) atoms. The third kappa shape index (κ3) is 5.85. The number of hydrogen-bond donors (Lipinski definition) is 2. The third-order valence-electron chi connectivity index (χ3n) is 5.92. The first-order chi connectivity index (χ1) is 15.9. The van der Waals surface area contributed by atoms with Gasteiger partial charge in [0.15, 0.2) is 0 Å². The van der Waals surface area contributed by atoms with Gasteiger partial charge < -0.3 is 20.1 Å². The molecule has 2 N–H and O–H groups in total. The van der Waals surface area contributed by atoms with Crippen LogP contribution in [0.1, 0.15) is 31.9 Å². The normalized spacial score (nSPS) is 20.6. The zero-order chi connectivity index (χ0) is 24.0. The second kappa shape index (κ2) is 11.5. The molecule has 0 aromatic heterocycles. The number of nitrogens with one attached hydrogen (secondary N) is 2. The summed E-state index contributed by atoms with van der Waals surface area (Å²) in [5.74, 6) is -0.782. The van der Waals surface area contributed by atoms with Crippen molar-refractivity contribution in [3.05, 3.63) is 46.1 Å². The lowest BCUT2D eigenvalue weighted by Crippen LogP contribution is -2.54. The van der Waals surface area contributed by atoms with E-state index in [9.17, 15) is 14.4 Å². The molecule has 10 heteroatoms. The smallest absolute Gasteiger partial charge is 0.337 e. The Balaban J connectivity index is 1.75. The predicted octanol–water partition coefficient (Wildman–Crippen LogP) is 2.08. The van der Waals surface area contributed by atoms with Crippen LogP contribution in [0.15, 0.2) is 35.5 Å². The highest BCUT2D eigenvalue weighted by Gasteiger charge is 2.35. The van der Waals surface area contributed by atoms with Crippen LogP contribution in [-0.2, 0) is 19.1 Å². The molecule has 2 aliphatic heterocycles. The van der Waals surface area contributed by atoms with Gasteiger partial charge in [-0.05, 0) is 25.0 Å². The van der Waals surface area contributed by atoms with E-state index in [2.05, 4.69) is 15.5 Å². The maximum absolute atomic E-state index is 12.6. The molecule has 0 radical (unpaired) electrons. The van der Waals surface area contributed by atoms with Crippen LogP contribution in [0.4, 0.5) is 4.79 Å². The Morgan fingerprint density at radius 3 is 2.48 bits per heavy atom. The van der Waals surface area contributed by atoms with Gasteiger partial charge in [0, 0.05) is 43.4 Å². The van der Waals surface area contributed by atoms with E-state index in [0.717, 1.165) is 0 Å². The Kier molecular flexibility index (Phi) is 8.71. The van der Waals surface area contributed by atoms with E-state index in [4.69, 9.17) is 21.1 Å². The predicted molar refractivity (Wildman–Crippen MR) is 124 cm³/mol. The van der Waals surface area contributed by atoms with Gasteiger partial charge in [-0.1, -0.05) is 36.7 Å². The van der Waals surface area contributed by atoms with Gasteiger partial charge in [0.05, 0.1) is 25.3 Å². The maximum Gasteiger partial charge on any atom is 0.337 e. The van der Waals surface area contributed by atoms with Crippen LogP contribution in [0.5, 0.6) is 0 Å². The molecule has 1 aromatic carbocycles. The van der Waals surface area contributed by atoms with Gasteiger partial charge in [0.25, 0.3) is 0 Å². The van der Waals surface area contributed by atoms with E-state index in [-0.39, 0.29) is 18.6 Å². The summed E-state index contributed by atoms with van der Waals surface area (Å²) in [6, 6.07) is 5.96. The molecule has 0 unspecified atom stereocenters. The molecule has 1 saturated heterocycles. The van der Waals surface area contributed by atoms with E-state index in [1.165, 1.54) is 7.11 Å². The zero-order valence-electron chi connectivity index (χ0n) is 19.2. The molecular weight excluding hydrogens is 448 g/mol. The van der Waals surface area contributed by atoms with Crippen molar-refractivity contribution >= 4 is 29.6 Å². The third-order valence-corrected chi connectivity index (χ3v) is 6.27. The van der Waals surface area contributed by atoms with Gasteiger partial charge in [0.2, 0.25) is 0 Å². The standard InChI is InChI=1S/C23H31ClN4O5/c1-4-17-19(21(29)33-5-2)18(26-23(31)25-17)14-27-10-12-28(13-11-27)20(22(30)32-3)15-8-6-7-9-16(15)24/h6-9,17,20H,4-5,10-14H2,1-3H3,(H2,25,26,31)/t17-,20+/m0/s1. The van der Waals surface area contributed by atoms with E-state index in [1.54, 1.807) is 13.0 Å². The summed E-state index contributed by atoms with van der Waals surface area (Å²) < 4.78 is 10.3. The minimum atomic E-state index is -0.594. The number of benzene rings is 1. The highest BCUT2D eigenvalue weighted by Crippen LogP contribution is 2.29. The summed E-state index contributed by atoms with van der Waals surface area (Å²) in [6.07, 6.45) is 0.581. The first kappa shape index (κ1) is 25.0. The molecule has 3 rings (SSSR count). The summed E-state index contributed by atoms with van der Waals surface area (Å²) in [5, 5.41) is 6.10. The molecule has 0 saturated carbocycles. The number of carbonyl (C=O) groups excluding carboxylic acids is 3. The molecule has 9 nitrogen and oxygen atoms in total. The van der Waals surface area contributed by atoms with Gasteiger partial charge in [-0.25, -0.2) is 14.4 Å². The Hall–Kier alpha value is -2.62. The van der Waals surface area contributed by atoms with Gasteiger partial charge >= 0.3 is 18.0 Å². The topological polar surface area (TPSA) is 100 Å². The summed E-state index contributed by atoms with van der Waals surface area (Å²) in [6.45, 7) is 6.79. The molecule has 2 heterocycles. The fraction of sp³-hybridized carbons (Fsp3) is 0.522. The monoisotopic (exact) mass is 478 g/mol. The Bertz CT molecular complexity index is 914. The molecule has 0 aliphatic carbocycles. The van der Waals surface area contributed by atoms with Gasteiger partial charge in [-0.15, -0.1) is 0 Å². The van der Waals surface area contributed by atoms with Crippen LogP contribution >= 0.6 is 11.6 Å². The zero-order valence-corrected chi connectivity index (χ0v) is 20.0. The van der Waals surface area contributed by atoms with Crippen LogP contribution in [0.25, 0.3) is 0 Å². The van der Waals surface area contributed by atoms with Crippen molar-refractivity contribution in [2.75, 3.05) is 46.4 Å². The summed E-state index contributed by atoms with van der Waals surface area (Å²) in [5.41, 5.74) is 1.74. The lowest BCUT2D eigenvalue weighted by atomic mass is 9.99. The van der Waals surface area contributed by atoms with Crippen molar-refractivity contribution in [2.45, 2.75) is 32.4 Å². The number of piperazine rings is 1. The summed E-state index contributed by atoms with van der Waals surface area (Å²) in [7, 11) is 1.37. The van der Waals surface area contributed by atoms with E-state index in [1.807, 2.05) is 30.0 Å². The van der Waals surface area contributed by atoms with Crippen LogP contribution in [0.3, 0.4) is 0 Å². The number of rotatable bonds is 8. The largest absolute Gasteiger partial charge is 0.468 e. The van der Waals surface area contributed by atoms with Crippen molar-refractivity contribution < 1.29 is 23.9 Å². The average Bonchev–Trinajstić information content (AvgIpc) is 2.81. The van der Waals surface area contributed by atoms with Crippen LogP contribution in [0, 0.1) is 0 Å². The number of methoxy groups -OCH3 is 1. The highest BCUT2D eigenvalue weighted by atomic mass is 35.5. The fourth-order valence-corrected chi connectivity index (χ4v) is 4.51. The van der Waals surface area contributed by atoms with Crippen molar-refractivity contribution in [1.29, 1.82) is 0 Å². The van der Waals surface area contributed by atoms with Crippen molar-refractivity contribution in [2.24, 2.45) is 0 Å². The van der Waals surface area contributed by atoms with Crippen molar-refractivity contribution in [3.63, 3.8) is 0 Å².